The van der Waals surface area contributed by atoms with Crippen LogP contribution < -0.4 is 5.73 Å². The monoisotopic (exact) mass is 459 g/mol. The number of carbonyl (C=O) groups is 1. The Kier molecular flexibility index (Phi) is 7.33. The summed E-state index contributed by atoms with van der Waals surface area (Å²) in [5, 5.41) is 0. The zero-order valence-corrected chi connectivity index (χ0v) is 19.8. The lowest BCUT2D eigenvalue weighted by Gasteiger charge is -2.12. The minimum Gasteiger partial charge on any atom is -0.365 e. The summed E-state index contributed by atoms with van der Waals surface area (Å²) in [6.07, 6.45) is 7.30. The molecule has 0 aliphatic heterocycles. The number of aromatic nitrogens is 2. The highest BCUT2D eigenvalue weighted by molar-refractivity contribution is 7.91. The summed E-state index contributed by atoms with van der Waals surface area (Å²) in [4.78, 5) is 17.7. The van der Waals surface area contributed by atoms with Gasteiger partial charge in [0.25, 0.3) is 5.91 Å². The number of imidazole rings is 1. The van der Waals surface area contributed by atoms with Gasteiger partial charge >= 0.3 is 0 Å². The van der Waals surface area contributed by atoms with Gasteiger partial charge < -0.3 is 10.3 Å². The maximum Gasteiger partial charge on any atom is 0.259 e. The summed E-state index contributed by atoms with van der Waals surface area (Å²) in [6.45, 7) is 6.70. The van der Waals surface area contributed by atoms with Crippen molar-refractivity contribution in [2.45, 2.75) is 51.5 Å². The van der Waals surface area contributed by atoms with Gasteiger partial charge in [0.15, 0.2) is 9.84 Å². The molecule has 8 heteroatoms. The first-order chi connectivity index (χ1) is 14.7. The summed E-state index contributed by atoms with van der Waals surface area (Å²) in [6, 6.07) is 7.64. The first-order valence-corrected chi connectivity index (χ1v) is 12.9. The molecule has 3 aromatic rings. The molecule has 0 bridgehead atoms. The highest BCUT2D eigenvalue weighted by atomic mass is 32.2. The van der Waals surface area contributed by atoms with Crippen LogP contribution in [0.15, 0.2) is 47.9 Å². The average Bonchev–Trinajstić information content (AvgIpc) is 3.35. The highest BCUT2D eigenvalue weighted by Gasteiger charge is 2.30. The van der Waals surface area contributed by atoms with Gasteiger partial charge in [0.05, 0.1) is 17.0 Å². The molecule has 6 nitrogen and oxygen atoms in total. The molecule has 0 atom stereocenters. The van der Waals surface area contributed by atoms with E-state index in [1.54, 1.807) is 12.5 Å². The molecule has 1 amide bonds. The second-order valence-electron chi connectivity index (χ2n) is 8.13. The van der Waals surface area contributed by atoms with Crippen molar-refractivity contribution in [1.29, 1.82) is 0 Å². The predicted molar refractivity (Wildman–Crippen MR) is 125 cm³/mol. The van der Waals surface area contributed by atoms with Crippen LogP contribution in [-0.4, -0.2) is 29.6 Å². The summed E-state index contributed by atoms with van der Waals surface area (Å²) < 4.78 is 28.6. The van der Waals surface area contributed by atoms with E-state index in [1.807, 2.05) is 55.8 Å². The lowest BCUT2D eigenvalue weighted by atomic mass is 10.0. The largest absolute Gasteiger partial charge is 0.365 e. The summed E-state index contributed by atoms with van der Waals surface area (Å²) >= 11 is 1.22. The van der Waals surface area contributed by atoms with E-state index in [4.69, 9.17) is 5.73 Å². The van der Waals surface area contributed by atoms with Crippen LogP contribution in [0.4, 0.5) is 0 Å². The molecule has 0 spiro atoms. The van der Waals surface area contributed by atoms with E-state index in [1.165, 1.54) is 11.3 Å². The number of carbonyl (C=O) groups excluding carboxylic acids is 1. The van der Waals surface area contributed by atoms with Crippen molar-refractivity contribution < 1.29 is 13.2 Å². The number of hydrogen-bond acceptors (Lipinski definition) is 5. The Balaban J connectivity index is 2.12. The lowest BCUT2D eigenvalue weighted by Crippen LogP contribution is -2.13. The molecule has 2 heterocycles. The summed E-state index contributed by atoms with van der Waals surface area (Å²) in [5.41, 5.74) is 7.90. The fourth-order valence-corrected chi connectivity index (χ4v) is 7.22. The molecule has 0 saturated carbocycles. The van der Waals surface area contributed by atoms with Gasteiger partial charge in [-0.1, -0.05) is 51.5 Å². The Labute approximate surface area is 188 Å². The lowest BCUT2D eigenvalue weighted by molar-refractivity contribution is 0.100. The highest BCUT2D eigenvalue weighted by Crippen LogP contribution is 2.41. The Morgan fingerprint density at radius 1 is 1.23 bits per heavy atom. The van der Waals surface area contributed by atoms with Gasteiger partial charge in [-0.05, 0) is 29.9 Å². The number of primary amides is 1. The molecule has 1 aromatic carbocycles. The number of unbranched alkanes of at least 4 members (excludes halogenated alkanes) is 1. The van der Waals surface area contributed by atoms with E-state index in [9.17, 15) is 13.2 Å². The zero-order valence-electron chi connectivity index (χ0n) is 18.2. The van der Waals surface area contributed by atoms with E-state index in [0.717, 1.165) is 16.9 Å². The number of benzene rings is 1. The summed E-state index contributed by atoms with van der Waals surface area (Å²) in [5.74, 6) is -0.274. The molecule has 2 aromatic heterocycles. The second kappa shape index (κ2) is 9.78. The molecule has 0 radical (unpaired) electrons. The van der Waals surface area contributed by atoms with Crippen LogP contribution in [0.25, 0.3) is 11.1 Å². The molecule has 3 rings (SSSR count). The van der Waals surface area contributed by atoms with Gasteiger partial charge in [0, 0.05) is 29.4 Å². The van der Waals surface area contributed by atoms with Gasteiger partial charge in [-0.3, -0.25) is 4.79 Å². The van der Waals surface area contributed by atoms with Crippen molar-refractivity contribution in [1.82, 2.24) is 9.55 Å². The van der Waals surface area contributed by atoms with Crippen LogP contribution in [0.3, 0.4) is 0 Å². The van der Waals surface area contributed by atoms with Crippen LogP contribution in [-0.2, 0) is 22.8 Å². The third-order valence-electron chi connectivity index (χ3n) is 4.99. The van der Waals surface area contributed by atoms with Crippen molar-refractivity contribution in [3.8, 4) is 11.1 Å². The topological polar surface area (TPSA) is 95.0 Å². The molecule has 0 fully saturated rings. The number of sulfone groups is 1. The van der Waals surface area contributed by atoms with Crippen molar-refractivity contribution in [2.75, 3.05) is 5.75 Å². The average molecular weight is 460 g/mol. The SMILES string of the molecule is CCCCS(=O)(=O)c1c(CC(C)C)sc(C(N)=O)c1-c1ccc(Cn2ccnc2)cc1. The Morgan fingerprint density at radius 3 is 2.48 bits per heavy atom. The molecule has 2 N–H and O–H groups in total. The molecule has 31 heavy (non-hydrogen) atoms. The fourth-order valence-electron chi connectivity index (χ4n) is 3.54. The third-order valence-corrected chi connectivity index (χ3v) is 8.25. The minimum atomic E-state index is -3.55. The van der Waals surface area contributed by atoms with Crippen molar-refractivity contribution in [3.63, 3.8) is 0 Å². The van der Waals surface area contributed by atoms with Crippen LogP contribution in [0.1, 0.15) is 53.7 Å². The van der Waals surface area contributed by atoms with Crippen LogP contribution in [0.2, 0.25) is 0 Å². The van der Waals surface area contributed by atoms with E-state index >= 15 is 0 Å². The maximum absolute atomic E-state index is 13.3. The molecule has 0 aliphatic rings. The van der Waals surface area contributed by atoms with Crippen molar-refractivity contribution in [2.24, 2.45) is 11.7 Å². The van der Waals surface area contributed by atoms with Gasteiger partial charge in [0.1, 0.15) is 4.88 Å². The molecule has 0 aliphatic carbocycles. The Hall–Kier alpha value is -2.45. The van der Waals surface area contributed by atoms with E-state index in [2.05, 4.69) is 4.98 Å². The Bertz CT molecular complexity index is 1130. The van der Waals surface area contributed by atoms with Gasteiger partial charge in [0.2, 0.25) is 0 Å². The maximum atomic E-state index is 13.3. The quantitative estimate of drug-likeness (QED) is 0.482. The van der Waals surface area contributed by atoms with Crippen LogP contribution >= 0.6 is 11.3 Å². The summed E-state index contributed by atoms with van der Waals surface area (Å²) in [7, 11) is -3.55. The first kappa shape index (κ1) is 23.2. The molecular formula is C23H29N3O3S2. The smallest absolute Gasteiger partial charge is 0.259 e. The predicted octanol–water partition coefficient (Wildman–Crippen LogP) is 4.53. The number of nitrogens with zero attached hydrogens (tertiary/aromatic N) is 2. The third kappa shape index (κ3) is 5.43. The standard InChI is InChI=1S/C23H29N3O3S2/c1-4-5-12-31(28,29)22-19(13-16(2)3)30-21(23(24)27)20(22)18-8-6-17(7-9-18)14-26-11-10-25-15-26/h6-11,15-16H,4-5,12-14H2,1-3H3,(H2,24,27). The normalized spacial score (nSPS) is 11.9. The van der Waals surface area contributed by atoms with E-state index in [0.29, 0.717) is 35.4 Å². The molecular weight excluding hydrogens is 430 g/mol. The van der Waals surface area contributed by atoms with Gasteiger partial charge in [-0.25, -0.2) is 13.4 Å². The molecule has 0 saturated heterocycles. The van der Waals surface area contributed by atoms with E-state index < -0.39 is 15.7 Å². The Morgan fingerprint density at radius 2 is 1.94 bits per heavy atom. The number of hydrogen-bond donors (Lipinski definition) is 1. The molecule has 0 unspecified atom stereocenters. The van der Waals surface area contributed by atoms with Gasteiger partial charge in [-0.15, -0.1) is 11.3 Å². The fraction of sp³-hybridized carbons (Fsp3) is 0.391. The number of thiophene rings is 1. The first-order valence-electron chi connectivity index (χ1n) is 10.5. The van der Waals surface area contributed by atoms with Crippen LogP contribution in [0.5, 0.6) is 0 Å². The van der Waals surface area contributed by atoms with Gasteiger partial charge in [-0.2, -0.15) is 0 Å². The van der Waals surface area contributed by atoms with Crippen LogP contribution in [0, 0.1) is 5.92 Å². The molecule has 166 valence electrons. The zero-order chi connectivity index (χ0) is 22.6. The van der Waals surface area contributed by atoms with Crippen molar-refractivity contribution >= 4 is 27.1 Å². The van der Waals surface area contributed by atoms with E-state index in [-0.39, 0.29) is 16.6 Å². The number of nitrogens with two attached hydrogens (primary N) is 1. The number of rotatable bonds is 10. The minimum absolute atomic E-state index is 0.0647. The second-order valence-corrected chi connectivity index (χ2v) is 11.3. The number of amides is 1. The van der Waals surface area contributed by atoms with Crippen molar-refractivity contribution in [3.05, 3.63) is 58.3 Å².